The molecule has 1 aromatic rings. The fourth-order valence-corrected chi connectivity index (χ4v) is 1.93. The summed E-state index contributed by atoms with van der Waals surface area (Å²) in [4.78, 5) is 12.2. The molecule has 1 rings (SSSR count). The Bertz CT molecular complexity index is 441. The highest BCUT2D eigenvalue weighted by Crippen LogP contribution is 2.28. The molecule has 0 aliphatic heterocycles. The van der Waals surface area contributed by atoms with E-state index < -0.39 is 0 Å². The number of hydrogen-bond donors (Lipinski definition) is 0. The molecule has 0 saturated carbocycles. The van der Waals surface area contributed by atoms with Crippen LogP contribution in [0.4, 0.5) is 0 Å². The Balaban J connectivity index is 2.99. The Morgan fingerprint density at radius 2 is 1.80 bits per heavy atom. The van der Waals surface area contributed by atoms with E-state index in [1.54, 1.807) is 18.2 Å². The van der Waals surface area contributed by atoms with E-state index >= 15 is 0 Å². The van der Waals surface area contributed by atoms with Crippen LogP contribution in [0.5, 0.6) is 11.5 Å². The van der Waals surface area contributed by atoms with E-state index in [-0.39, 0.29) is 18.0 Å². The zero-order valence-electron chi connectivity index (χ0n) is 12.6. The Labute approximate surface area is 126 Å². The molecule has 0 bridgehead atoms. The van der Waals surface area contributed by atoms with Crippen molar-refractivity contribution in [1.29, 1.82) is 0 Å². The van der Waals surface area contributed by atoms with Gasteiger partial charge in [-0.25, -0.2) is 0 Å². The van der Waals surface area contributed by atoms with Crippen LogP contribution in [0.3, 0.4) is 0 Å². The van der Waals surface area contributed by atoms with Crippen LogP contribution in [0.25, 0.3) is 0 Å². The van der Waals surface area contributed by atoms with Gasteiger partial charge in [0.2, 0.25) is 0 Å². The van der Waals surface area contributed by atoms with E-state index in [1.807, 2.05) is 27.7 Å². The molecule has 1 aromatic carbocycles. The molecular formula is C16H23ClO3. The van der Waals surface area contributed by atoms with Gasteiger partial charge in [0.1, 0.15) is 11.5 Å². The second-order valence-corrected chi connectivity index (χ2v) is 5.58. The monoisotopic (exact) mass is 298 g/mol. The molecule has 0 unspecified atom stereocenters. The van der Waals surface area contributed by atoms with E-state index in [1.165, 1.54) is 0 Å². The first-order valence-corrected chi connectivity index (χ1v) is 7.54. The van der Waals surface area contributed by atoms with E-state index in [0.29, 0.717) is 35.8 Å². The lowest BCUT2D eigenvalue weighted by molar-refractivity contribution is 0.0976. The van der Waals surface area contributed by atoms with Gasteiger partial charge in [-0.3, -0.25) is 4.79 Å². The van der Waals surface area contributed by atoms with Crippen LogP contribution >= 0.6 is 11.6 Å². The molecule has 0 aliphatic rings. The number of Topliss-reactive ketones (excluding diaryl/α,β-unsaturated/α-hetero) is 1. The van der Waals surface area contributed by atoms with Gasteiger partial charge in [0, 0.05) is 18.4 Å². The van der Waals surface area contributed by atoms with Crippen molar-refractivity contribution in [2.45, 2.75) is 52.7 Å². The van der Waals surface area contributed by atoms with Gasteiger partial charge < -0.3 is 9.47 Å². The van der Waals surface area contributed by atoms with Crippen LogP contribution in [-0.2, 0) is 0 Å². The van der Waals surface area contributed by atoms with Gasteiger partial charge in [-0.1, -0.05) is 0 Å². The van der Waals surface area contributed by atoms with Gasteiger partial charge in [0.15, 0.2) is 5.78 Å². The van der Waals surface area contributed by atoms with Gasteiger partial charge in [0.05, 0.1) is 17.8 Å². The smallest absolute Gasteiger partial charge is 0.166 e. The first-order chi connectivity index (χ1) is 9.43. The summed E-state index contributed by atoms with van der Waals surface area (Å²) < 4.78 is 11.4. The molecule has 0 heterocycles. The molecule has 0 fully saturated rings. The molecule has 112 valence electrons. The molecule has 0 spiro atoms. The average Bonchev–Trinajstić information content (AvgIpc) is 2.34. The zero-order chi connectivity index (χ0) is 15.1. The molecule has 4 heteroatoms. The number of ketones is 1. The second kappa shape index (κ2) is 8.15. The normalized spacial score (nSPS) is 10.9. The minimum atomic E-state index is 0.00359. The summed E-state index contributed by atoms with van der Waals surface area (Å²) in [6, 6.07) is 5.36. The maximum absolute atomic E-state index is 12.2. The minimum Gasteiger partial charge on any atom is -0.491 e. The number of halogens is 1. The predicted octanol–water partition coefficient (Wildman–Crippen LogP) is 4.46. The van der Waals surface area contributed by atoms with Crippen molar-refractivity contribution >= 4 is 17.4 Å². The Hall–Kier alpha value is -1.22. The Morgan fingerprint density at radius 3 is 2.35 bits per heavy atom. The average molecular weight is 299 g/mol. The van der Waals surface area contributed by atoms with Gasteiger partial charge in [-0.05, 0) is 46.2 Å². The molecule has 0 aliphatic carbocycles. The number of alkyl halides is 1. The maximum atomic E-state index is 12.2. The number of benzene rings is 1. The summed E-state index contributed by atoms with van der Waals surface area (Å²) in [5.74, 6) is 1.83. The fourth-order valence-electron chi connectivity index (χ4n) is 1.79. The minimum absolute atomic E-state index is 0.00359. The lowest BCUT2D eigenvalue weighted by Crippen LogP contribution is -2.11. The van der Waals surface area contributed by atoms with Crippen LogP contribution in [-0.4, -0.2) is 23.9 Å². The van der Waals surface area contributed by atoms with Gasteiger partial charge >= 0.3 is 0 Å². The van der Waals surface area contributed by atoms with Crippen LogP contribution in [0, 0.1) is 0 Å². The molecule has 0 N–H and O–H groups in total. The molecule has 20 heavy (non-hydrogen) atoms. The predicted molar refractivity (Wildman–Crippen MR) is 82.3 cm³/mol. The zero-order valence-corrected chi connectivity index (χ0v) is 13.4. The summed E-state index contributed by atoms with van der Waals surface area (Å²) in [6.07, 6.45) is 1.19. The molecular weight excluding hydrogens is 276 g/mol. The van der Waals surface area contributed by atoms with Gasteiger partial charge in [0.25, 0.3) is 0 Å². The highest BCUT2D eigenvalue weighted by Gasteiger charge is 2.15. The van der Waals surface area contributed by atoms with E-state index in [9.17, 15) is 4.79 Å². The van der Waals surface area contributed by atoms with Gasteiger partial charge in [-0.2, -0.15) is 0 Å². The molecule has 3 nitrogen and oxygen atoms in total. The van der Waals surface area contributed by atoms with Gasteiger partial charge in [-0.15, -0.1) is 11.6 Å². The topological polar surface area (TPSA) is 35.5 Å². The third kappa shape index (κ3) is 5.41. The standard InChI is InChI=1S/C16H23ClO3/c1-11(2)19-13-7-8-14(15(18)6-5-9-17)16(10-13)20-12(3)4/h7-8,10-12H,5-6,9H2,1-4H3. The summed E-state index contributed by atoms with van der Waals surface area (Å²) in [5.41, 5.74) is 0.597. The van der Waals surface area contributed by atoms with Crippen molar-refractivity contribution in [1.82, 2.24) is 0 Å². The number of rotatable bonds is 8. The quantitative estimate of drug-likeness (QED) is 0.525. The van der Waals surface area contributed by atoms with Crippen LogP contribution in [0.15, 0.2) is 18.2 Å². The van der Waals surface area contributed by atoms with Crippen molar-refractivity contribution in [2.75, 3.05) is 5.88 Å². The highest BCUT2D eigenvalue weighted by molar-refractivity contribution is 6.18. The van der Waals surface area contributed by atoms with E-state index in [4.69, 9.17) is 21.1 Å². The summed E-state index contributed by atoms with van der Waals surface area (Å²) in [5, 5.41) is 0. The molecule has 0 radical (unpaired) electrons. The van der Waals surface area contributed by atoms with Crippen molar-refractivity contribution in [3.05, 3.63) is 23.8 Å². The lowest BCUT2D eigenvalue weighted by Gasteiger charge is -2.16. The SMILES string of the molecule is CC(C)Oc1ccc(C(=O)CCCCl)c(OC(C)C)c1. The lowest BCUT2D eigenvalue weighted by atomic mass is 10.1. The van der Waals surface area contributed by atoms with Crippen molar-refractivity contribution < 1.29 is 14.3 Å². The summed E-state index contributed by atoms with van der Waals surface area (Å²) in [6.45, 7) is 7.79. The fraction of sp³-hybridized carbons (Fsp3) is 0.562. The maximum Gasteiger partial charge on any atom is 0.166 e. The molecule has 0 atom stereocenters. The molecule has 0 aromatic heterocycles. The van der Waals surface area contributed by atoms with Crippen molar-refractivity contribution in [2.24, 2.45) is 0 Å². The largest absolute Gasteiger partial charge is 0.491 e. The second-order valence-electron chi connectivity index (χ2n) is 5.21. The third-order valence-electron chi connectivity index (χ3n) is 2.53. The van der Waals surface area contributed by atoms with Crippen LogP contribution in [0.2, 0.25) is 0 Å². The van der Waals surface area contributed by atoms with Crippen molar-refractivity contribution in [3.8, 4) is 11.5 Å². The number of carbonyl (C=O) groups excluding carboxylic acids is 1. The van der Waals surface area contributed by atoms with Crippen LogP contribution in [0.1, 0.15) is 50.9 Å². The summed E-state index contributed by atoms with van der Waals surface area (Å²) in [7, 11) is 0. The molecule has 0 saturated heterocycles. The van der Waals surface area contributed by atoms with E-state index in [2.05, 4.69) is 0 Å². The van der Waals surface area contributed by atoms with Crippen LogP contribution < -0.4 is 9.47 Å². The number of ether oxygens (including phenoxy) is 2. The molecule has 0 amide bonds. The summed E-state index contributed by atoms with van der Waals surface area (Å²) >= 11 is 5.64. The van der Waals surface area contributed by atoms with E-state index in [0.717, 1.165) is 0 Å². The third-order valence-corrected chi connectivity index (χ3v) is 2.79. The number of carbonyl (C=O) groups is 1. The Kier molecular flexibility index (Phi) is 6.86. The van der Waals surface area contributed by atoms with Crippen molar-refractivity contribution in [3.63, 3.8) is 0 Å². The highest BCUT2D eigenvalue weighted by atomic mass is 35.5. The first-order valence-electron chi connectivity index (χ1n) is 7.00. The Morgan fingerprint density at radius 1 is 1.15 bits per heavy atom. The first kappa shape index (κ1) is 16.8. The number of hydrogen-bond acceptors (Lipinski definition) is 3.